The van der Waals surface area contributed by atoms with Gasteiger partial charge < -0.3 is 36.0 Å². The zero-order valence-corrected chi connectivity index (χ0v) is 26.0. The van der Waals surface area contributed by atoms with E-state index in [0.29, 0.717) is 33.7 Å². The SMILES string of the molecule is COc1ccc(C(=O)Nc2ccc(-c3ccc(O)c4c3C[C@@H]3C[C@@H]5C(N(C)C)C(O)C(C(N)=O)C(=O)[C@]5(O)C(=O)C3C4=O)cc2)cc1. The fourth-order valence-electron chi connectivity index (χ4n) is 7.77. The van der Waals surface area contributed by atoms with Gasteiger partial charge in [-0.05, 0) is 92.0 Å². The Bertz CT molecular complexity index is 1800. The number of primary amides is 1. The van der Waals surface area contributed by atoms with Crippen LogP contribution in [-0.4, -0.2) is 88.3 Å². The number of hydrogen-bond acceptors (Lipinski definition) is 10. The number of phenols is 1. The van der Waals surface area contributed by atoms with Crippen LogP contribution in [0.4, 0.5) is 5.69 Å². The minimum Gasteiger partial charge on any atom is -0.507 e. The molecule has 3 aromatic rings. The summed E-state index contributed by atoms with van der Waals surface area (Å²) < 4.78 is 5.14. The van der Waals surface area contributed by atoms with Crippen LogP contribution in [0.15, 0.2) is 60.7 Å². The number of aromatic hydroxyl groups is 1. The number of phenolic OH excluding ortho intramolecular Hbond substituents is 1. The fraction of sp³-hybridized carbons (Fsp3) is 0.343. The average molecular weight is 642 g/mol. The summed E-state index contributed by atoms with van der Waals surface area (Å²) in [6.45, 7) is 0. The number of nitrogens with zero attached hydrogens (tertiary/aromatic N) is 1. The number of Topliss-reactive ketones (excluding diaryl/α,β-unsaturated/α-hetero) is 3. The highest BCUT2D eigenvalue weighted by Crippen LogP contribution is 2.52. The minimum atomic E-state index is -2.72. The topological polar surface area (TPSA) is 197 Å². The summed E-state index contributed by atoms with van der Waals surface area (Å²) in [6, 6.07) is 15.6. The summed E-state index contributed by atoms with van der Waals surface area (Å²) in [7, 11) is 4.73. The van der Waals surface area contributed by atoms with Gasteiger partial charge in [-0.15, -0.1) is 0 Å². The standard InChI is InChI=1S/C35H35N3O9/c1-38(2)28-23-15-18-14-22-21(16-4-8-19(9-5-16)37-34(45)17-6-10-20(47-3)11-7-17)12-13-24(39)26(22)29(40)25(18)31(42)35(23,46)32(43)27(30(28)41)33(36)44/h4-13,18,23,25,27-28,30,39,41,46H,14-15H2,1-3H3,(H2,36,44)(H,37,45)/t18-,23-,25?,27?,28?,30?,35-/m1/s1. The predicted octanol–water partition coefficient (Wildman–Crippen LogP) is 1.59. The largest absolute Gasteiger partial charge is 0.507 e. The lowest BCUT2D eigenvalue weighted by Crippen LogP contribution is -2.75. The molecule has 47 heavy (non-hydrogen) atoms. The third-order valence-corrected chi connectivity index (χ3v) is 9.98. The zero-order chi connectivity index (χ0) is 33.9. The lowest BCUT2D eigenvalue weighted by Gasteiger charge is -2.54. The Balaban J connectivity index is 1.33. The second-order valence-electron chi connectivity index (χ2n) is 12.7. The third kappa shape index (κ3) is 5.00. The molecule has 6 rings (SSSR count). The number of ether oxygens (including phenoxy) is 1. The van der Waals surface area contributed by atoms with Crippen LogP contribution in [0, 0.1) is 23.7 Å². The molecular formula is C35H35N3O9. The van der Waals surface area contributed by atoms with Crippen LogP contribution in [0.5, 0.6) is 11.5 Å². The Labute approximate surface area is 270 Å². The maximum absolute atomic E-state index is 14.0. The van der Waals surface area contributed by atoms with E-state index in [4.69, 9.17) is 10.5 Å². The van der Waals surface area contributed by atoms with Gasteiger partial charge >= 0.3 is 0 Å². The van der Waals surface area contributed by atoms with Gasteiger partial charge in [-0.25, -0.2) is 0 Å². The van der Waals surface area contributed by atoms with Gasteiger partial charge in [0, 0.05) is 23.2 Å². The number of anilines is 1. The van der Waals surface area contributed by atoms with Crippen molar-refractivity contribution in [2.24, 2.45) is 29.4 Å². The lowest BCUT2D eigenvalue weighted by molar-refractivity contribution is -0.190. The van der Waals surface area contributed by atoms with E-state index in [2.05, 4.69) is 5.32 Å². The number of ketones is 3. The van der Waals surface area contributed by atoms with Crippen LogP contribution in [0.2, 0.25) is 0 Å². The summed E-state index contributed by atoms with van der Waals surface area (Å²) >= 11 is 0. The van der Waals surface area contributed by atoms with Crippen LogP contribution < -0.4 is 15.8 Å². The second kappa shape index (κ2) is 11.7. The molecule has 0 bridgehead atoms. The van der Waals surface area contributed by atoms with Crippen LogP contribution in [-0.2, 0) is 20.8 Å². The number of aliphatic hydroxyl groups excluding tert-OH is 1. The number of nitrogens with two attached hydrogens (primary N) is 1. The minimum absolute atomic E-state index is 0.0145. The van der Waals surface area contributed by atoms with E-state index in [1.807, 2.05) is 0 Å². The molecule has 0 saturated heterocycles. The number of amides is 2. The average Bonchev–Trinajstić information content (AvgIpc) is 3.03. The number of methoxy groups -OCH3 is 1. The molecule has 2 amide bonds. The number of nitrogens with one attached hydrogen (secondary N) is 1. The molecule has 3 aliphatic carbocycles. The first kappa shape index (κ1) is 32.0. The molecule has 0 aliphatic heterocycles. The molecule has 2 saturated carbocycles. The van der Waals surface area contributed by atoms with E-state index < -0.39 is 64.7 Å². The molecule has 4 unspecified atom stereocenters. The van der Waals surface area contributed by atoms with E-state index in [-0.39, 0.29) is 30.1 Å². The molecule has 3 aliphatic rings. The van der Waals surface area contributed by atoms with Gasteiger partial charge in [0.2, 0.25) is 5.91 Å². The third-order valence-electron chi connectivity index (χ3n) is 9.98. The molecule has 12 nitrogen and oxygen atoms in total. The first-order valence-corrected chi connectivity index (χ1v) is 15.2. The number of carbonyl (C=O) groups excluding carboxylic acids is 5. The molecule has 0 heterocycles. The fourth-order valence-corrected chi connectivity index (χ4v) is 7.77. The molecular weight excluding hydrogens is 606 g/mol. The zero-order valence-electron chi connectivity index (χ0n) is 26.0. The summed E-state index contributed by atoms with van der Waals surface area (Å²) in [4.78, 5) is 68.1. The maximum atomic E-state index is 14.0. The van der Waals surface area contributed by atoms with Crippen molar-refractivity contribution < 1.29 is 44.0 Å². The Hall–Kier alpha value is -4.91. The monoisotopic (exact) mass is 641 g/mol. The van der Waals surface area contributed by atoms with E-state index in [0.717, 1.165) is 0 Å². The Morgan fingerprint density at radius 3 is 2.23 bits per heavy atom. The van der Waals surface area contributed by atoms with Crippen molar-refractivity contribution in [2.75, 3.05) is 26.5 Å². The number of benzene rings is 3. The highest BCUT2D eigenvalue weighted by molar-refractivity contribution is 6.25. The van der Waals surface area contributed by atoms with Crippen molar-refractivity contribution in [2.45, 2.75) is 30.6 Å². The first-order chi connectivity index (χ1) is 22.3. The van der Waals surface area contributed by atoms with Crippen molar-refractivity contribution in [1.82, 2.24) is 4.90 Å². The van der Waals surface area contributed by atoms with E-state index in [1.54, 1.807) is 73.6 Å². The number of aliphatic hydroxyl groups is 2. The van der Waals surface area contributed by atoms with Crippen molar-refractivity contribution >= 4 is 34.9 Å². The van der Waals surface area contributed by atoms with Gasteiger partial charge in [-0.1, -0.05) is 18.2 Å². The summed E-state index contributed by atoms with van der Waals surface area (Å²) in [5.74, 6) is -9.26. The Kier molecular flexibility index (Phi) is 7.99. The van der Waals surface area contributed by atoms with E-state index >= 15 is 0 Å². The molecule has 0 aromatic heterocycles. The van der Waals surface area contributed by atoms with E-state index in [1.165, 1.54) is 13.2 Å². The molecule has 0 radical (unpaired) electrons. The van der Waals surface area contributed by atoms with Gasteiger partial charge in [0.25, 0.3) is 5.91 Å². The van der Waals surface area contributed by atoms with Gasteiger partial charge in [0.1, 0.15) is 17.4 Å². The Morgan fingerprint density at radius 1 is 0.979 bits per heavy atom. The molecule has 7 atom stereocenters. The molecule has 6 N–H and O–H groups in total. The lowest BCUT2D eigenvalue weighted by atomic mass is 9.52. The smallest absolute Gasteiger partial charge is 0.255 e. The van der Waals surface area contributed by atoms with Crippen molar-refractivity contribution in [3.8, 4) is 22.6 Å². The molecule has 2 fully saturated rings. The predicted molar refractivity (Wildman–Crippen MR) is 169 cm³/mol. The normalized spacial score (nSPS) is 28.3. The molecule has 12 heteroatoms. The number of likely N-dealkylation sites (N-methyl/N-ethyl adjacent to an activating group) is 1. The highest BCUT2D eigenvalue weighted by Gasteiger charge is 2.69. The maximum Gasteiger partial charge on any atom is 0.255 e. The highest BCUT2D eigenvalue weighted by atomic mass is 16.5. The van der Waals surface area contributed by atoms with Crippen LogP contribution >= 0.6 is 0 Å². The van der Waals surface area contributed by atoms with Crippen LogP contribution in [0.3, 0.4) is 0 Å². The van der Waals surface area contributed by atoms with Crippen molar-refractivity contribution in [3.05, 3.63) is 77.4 Å². The van der Waals surface area contributed by atoms with Crippen LogP contribution in [0.25, 0.3) is 11.1 Å². The van der Waals surface area contributed by atoms with Gasteiger partial charge in [-0.2, -0.15) is 0 Å². The summed E-state index contributed by atoms with van der Waals surface area (Å²) in [6.07, 6.45) is -1.40. The van der Waals surface area contributed by atoms with Crippen molar-refractivity contribution in [3.63, 3.8) is 0 Å². The molecule has 3 aromatic carbocycles. The molecule has 0 spiro atoms. The summed E-state index contributed by atoms with van der Waals surface area (Å²) in [5.41, 5.74) is 5.43. The van der Waals surface area contributed by atoms with Crippen molar-refractivity contribution in [1.29, 1.82) is 0 Å². The Morgan fingerprint density at radius 2 is 1.64 bits per heavy atom. The van der Waals surface area contributed by atoms with Gasteiger partial charge in [0.05, 0.1) is 24.7 Å². The number of carbonyl (C=O) groups is 5. The van der Waals surface area contributed by atoms with E-state index in [9.17, 15) is 39.3 Å². The summed E-state index contributed by atoms with van der Waals surface area (Å²) in [5, 5.41) is 36.5. The number of fused-ring (bicyclic) bond motifs is 3. The number of rotatable bonds is 6. The van der Waals surface area contributed by atoms with Gasteiger partial charge in [0.15, 0.2) is 23.0 Å². The van der Waals surface area contributed by atoms with Crippen LogP contribution in [0.1, 0.15) is 32.7 Å². The van der Waals surface area contributed by atoms with Gasteiger partial charge in [-0.3, -0.25) is 24.0 Å². The first-order valence-electron chi connectivity index (χ1n) is 15.2. The second-order valence-corrected chi connectivity index (χ2v) is 12.7. The molecule has 244 valence electrons. The number of hydrogen-bond donors (Lipinski definition) is 5. The quantitative estimate of drug-likeness (QED) is 0.247.